The zero-order valence-corrected chi connectivity index (χ0v) is 10.9. The summed E-state index contributed by atoms with van der Waals surface area (Å²) in [5.74, 6) is 0.324. The fourth-order valence-electron chi connectivity index (χ4n) is 2.26. The molecule has 4 nitrogen and oxygen atoms in total. The standard InChI is InChI=1S/C15H19N3O/c19-15-5-1-12(2-6-15)7-8-16-9-14-10-17-11-18(14)13-3-4-13/h1-2,5-6,10-11,13,16,19H,3-4,7-9H2. The fourth-order valence-corrected chi connectivity index (χ4v) is 2.26. The topological polar surface area (TPSA) is 50.1 Å². The van der Waals surface area contributed by atoms with Crippen molar-refractivity contribution in [3.8, 4) is 5.75 Å². The van der Waals surface area contributed by atoms with E-state index in [1.807, 2.05) is 24.7 Å². The van der Waals surface area contributed by atoms with Crippen molar-refractivity contribution in [3.05, 3.63) is 48.0 Å². The number of aromatic nitrogens is 2. The van der Waals surface area contributed by atoms with Crippen molar-refractivity contribution in [2.24, 2.45) is 0 Å². The highest BCUT2D eigenvalue weighted by molar-refractivity contribution is 5.26. The Morgan fingerprint density at radius 3 is 2.79 bits per heavy atom. The normalized spacial score (nSPS) is 14.7. The van der Waals surface area contributed by atoms with Gasteiger partial charge in [-0.3, -0.25) is 0 Å². The molecule has 1 aromatic heterocycles. The van der Waals surface area contributed by atoms with Gasteiger partial charge in [0, 0.05) is 18.8 Å². The van der Waals surface area contributed by atoms with Gasteiger partial charge in [0.05, 0.1) is 12.0 Å². The molecule has 0 spiro atoms. The lowest BCUT2D eigenvalue weighted by Gasteiger charge is -2.08. The van der Waals surface area contributed by atoms with E-state index in [-0.39, 0.29) is 0 Å². The zero-order chi connectivity index (χ0) is 13.1. The minimum atomic E-state index is 0.324. The molecule has 0 radical (unpaired) electrons. The van der Waals surface area contributed by atoms with Crippen LogP contribution in [0.3, 0.4) is 0 Å². The Morgan fingerprint density at radius 2 is 2.05 bits per heavy atom. The van der Waals surface area contributed by atoms with Gasteiger partial charge in [0.1, 0.15) is 5.75 Å². The van der Waals surface area contributed by atoms with Crippen LogP contribution >= 0.6 is 0 Å². The highest BCUT2D eigenvalue weighted by Gasteiger charge is 2.24. The average molecular weight is 257 g/mol. The summed E-state index contributed by atoms with van der Waals surface area (Å²) in [6.07, 6.45) is 7.44. The van der Waals surface area contributed by atoms with Crippen molar-refractivity contribution in [2.45, 2.75) is 31.8 Å². The average Bonchev–Trinajstić information content (AvgIpc) is 3.16. The van der Waals surface area contributed by atoms with Crippen LogP contribution in [0.5, 0.6) is 5.75 Å². The van der Waals surface area contributed by atoms with Crippen LogP contribution in [0, 0.1) is 0 Å². The summed E-state index contributed by atoms with van der Waals surface area (Å²) < 4.78 is 2.29. The number of aromatic hydroxyl groups is 1. The van der Waals surface area contributed by atoms with E-state index in [1.165, 1.54) is 24.1 Å². The summed E-state index contributed by atoms with van der Waals surface area (Å²) in [4.78, 5) is 4.23. The number of nitrogens with zero attached hydrogens (tertiary/aromatic N) is 2. The summed E-state index contributed by atoms with van der Waals surface area (Å²) >= 11 is 0. The highest BCUT2D eigenvalue weighted by atomic mass is 16.3. The maximum Gasteiger partial charge on any atom is 0.115 e. The number of phenols is 1. The molecule has 4 heteroatoms. The first kappa shape index (κ1) is 12.2. The lowest BCUT2D eigenvalue weighted by atomic mass is 10.1. The van der Waals surface area contributed by atoms with E-state index < -0.39 is 0 Å². The van der Waals surface area contributed by atoms with Crippen LogP contribution in [0.4, 0.5) is 0 Å². The first-order valence-electron chi connectivity index (χ1n) is 6.82. The molecule has 100 valence electrons. The Morgan fingerprint density at radius 1 is 1.26 bits per heavy atom. The smallest absolute Gasteiger partial charge is 0.115 e. The maximum atomic E-state index is 9.22. The number of benzene rings is 1. The molecule has 3 rings (SSSR count). The Bertz CT molecular complexity index is 529. The summed E-state index contributed by atoms with van der Waals surface area (Å²) in [5.41, 5.74) is 2.51. The van der Waals surface area contributed by atoms with E-state index >= 15 is 0 Å². The summed E-state index contributed by atoms with van der Waals surface area (Å²) in [6.45, 7) is 1.80. The maximum absolute atomic E-state index is 9.22. The lowest BCUT2D eigenvalue weighted by molar-refractivity contribution is 0.475. The number of hydrogen-bond acceptors (Lipinski definition) is 3. The number of rotatable bonds is 6. The second kappa shape index (κ2) is 5.45. The van der Waals surface area contributed by atoms with E-state index in [1.54, 1.807) is 12.1 Å². The van der Waals surface area contributed by atoms with Crippen LogP contribution in [-0.4, -0.2) is 21.2 Å². The van der Waals surface area contributed by atoms with Crippen molar-refractivity contribution in [2.75, 3.05) is 6.54 Å². The third-order valence-electron chi connectivity index (χ3n) is 3.52. The molecule has 0 bridgehead atoms. The Labute approximate surface area is 113 Å². The van der Waals surface area contributed by atoms with Crippen molar-refractivity contribution in [1.29, 1.82) is 0 Å². The molecule has 1 heterocycles. The van der Waals surface area contributed by atoms with E-state index in [0.717, 1.165) is 19.5 Å². The number of phenolic OH excluding ortho intramolecular Hbond substituents is 1. The van der Waals surface area contributed by atoms with E-state index in [9.17, 15) is 5.11 Å². The molecule has 1 aliphatic rings. The van der Waals surface area contributed by atoms with E-state index in [0.29, 0.717) is 11.8 Å². The Hall–Kier alpha value is -1.81. The largest absolute Gasteiger partial charge is 0.508 e. The SMILES string of the molecule is Oc1ccc(CCNCc2cncn2C2CC2)cc1. The molecule has 1 fully saturated rings. The number of hydrogen-bond donors (Lipinski definition) is 2. The van der Waals surface area contributed by atoms with Gasteiger partial charge in [-0.1, -0.05) is 12.1 Å². The van der Waals surface area contributed by atoms with Gasteiger partial charge >= 0.3 is 0 Å². The Kier molecular flexibility index (Phi) is 3.51. The third kappa shape index (κ3) is 3.15. The first-order valence-corrected chi connectivity index (χ1v) is 6.82. The molecular weight excluding hydrogens is 238 g/mol. The molecule has 0 atom stereocenters. The second-order valence-corrected chi connectivity index (χ2v) is 5.12. The molecule has 1 saturated carbocycles. The molecule has 0 saturated heterocycles. The minimum absolute atomic E-state index is 0.324. The predicted octanol–water partition coefficient (Wildman–Crippen LogP) is 2.26. The van der Waals surface area contributed by atoms with Gasteiger partial charge in [0.15, 0.2) is 0 Å². The van der Waals surface area contributed by atoms with Gasteiger partial charge < -0.3 is 15.0 Å². The molecule has 0 aliphatic heterocycles. The van der Waals surface area contributed by atoms with Crippen molar-refractivity contribution >= 4 is 0 Å². The molecule has 1 aromatic carbocycles. The monoisotopic (exact) mass is 257 g/mol. The third-order valence-corrected chi connectivity index (χ3v) is 3.52. The van der Waals surface area contributed by atoms with Gasteiger partial charge in [0.2, 0.25) is 0 Å². The quantitative estimate of drug-likeness (QED) is 0.780. The van der Waals surface area contributed by atoms with Crippen LogP contribution < -0.4 is 5.32 Å². The molecule has 0 amide bonds. The van der Waals surface area contributed by atoms with Crippen LogP contribution in [0.2, 0.25) is 0 Å². The van der Waals surface area contributed by atoms with Gasteiger partial charge in [-0.05, 0) is 43.5 Å². The highest BCUT2D eigenvalue weighted by Crippen LogP contribution is 2.35. The van der Waals surface area contributed by atoms with Crippen molar-refractivity contribution < 1.29 is 5.11 Å². The predicted molar refractivity (Wildman–Crippen MR) is 74.0 cm³/mol. The summed E-state index contributed by atoms with van der Waals surface area (Å²) in [7, 11) is 0. The molecule has 2 aromatic rings. The summed E-state index contributed by atoms with van der Waals surface area (Å²) in [6, 6.07) is 8.09. The van der Waals surface area contributed by atoms with Gasteiger partial charge in [-0.15, -0.1) is 0 Å². The number of nitrogens with one attached hydrogen (secondary N) is 1. The van der Waals surface area contributed by atoms with Crippen LogP contribution in [0.15, 0.2) is 36.8 Å². The molecule has 2 N–H and O–H groups in total. The molecule has 0 unspecified atom stereocenters. The lowest BCUT2D eigenvalue weighted by Crippen LogP contribution is -2.18. The van der Waals surface area contributed by atoms with E-state index in [4.69, 9.17) is 0 Å². The van der Waals surface area contributed by atoms with Gasteiger partial charge in [0.25, 0.3) is 0 Å². The first-order chi connectivity index (χ1) is 9.33. The van der Waals surface area contributed by atoms with E-state index in [2.05, 4.69) is 14.9 Å². The second-order valence-electron chi connectivity index (χ2n) is 5.12. The van der Waals surface area contributed by atoms with Crippen molar-refractivity contribution in [1.82, 2.24) is 14.9 Å². The molecule has 1 aliphatic carbocycles. The van der Waals surface area contributed by atoms with Crippen molar-refractivity contribution in [3.63, 3.8) is 0 Å². The van der Waals surface area contributed by atoms with Crippen LogP contribution in [-0.2, 0) is 13.0 Å². The summed E-state index contributed by atoms with van der Waals surface area (Å²) in [5, 5.41) is 12.7. The van der Waals surface area contributed by atoms with Gasteiger partial charge in [-0.2, -0.15) is 0 Å². The van der Waals surface area contributed by atoms with Gasteiger partial charge in [-0.25, -0.2) is 4.98 Å². The zero-order valence-electron chi connectivity index (χ0n) is 10.9. The van der Waals surface area contributed by atoms with Crippen LogP contribution in [0.1, 0.15) is 30.1 Å². The fraction of sp³-hybridized carbons (Fsp3) is 0.400. The number of imidazole rings is 1. The van der Waals surface area contributed by atoms with Crippen LogP contribution in [0.25, 0.3) is 0 Å². The molecule has 19 heavy (non-hydrogen) atoms. The Balaban J connectivity index is 1.45. The molecular formula is C15H19N3O. The minimum Gasteiger partial charge on any atom is -0.508 e.